The number of benzene rings is 2. The van der Waals surface area contributed by atoms with Gasteiger partial charge in [0, 0.05) is 5.69 Å². The molecule has 0 fully saturated rings. The van der Waals surface area contributed by atoms with Crippen molar-refractivity contribution in [2.24, 2.45) is 0 Å². The highest BCUT2D eigenvalue weighted by Crippen LogP contribution is 2.12. The molecular formula is C17H18N2O4. The van der Waals surface area contributed by atoms with Crippen LogP contribution < -0.4 is 15.4 Å². The zero-order valence-corrected chi connectivity index (χ0v) is 13.0. The number of rotatable bonds is 5. The number of aryl methyl sites for hydroxylation is 1. The third kappa shape index (κ3) is 5.03. The summed E-state index contributed by atoms with van der Waals surface area (Å²) in [5, 5.41) is 5.19. The SMILES string of the molecule is COC(=O)c1cccc(NC(=O)NCOc2ccc(C)cc2)c1. The molecular weight excluding hydrogens is 296 g/mol. The molecule has 0 atom stereocenters. The number of methoxy groups -OCH3 is 1. The van der Waals surface area contributed by atoms with Gasteiger partial charge >= 0.3 is 12.0 Å². The van der Waals surface area contributed by atoms with Gasteiger partial charge in [0.15, 0.2) is 6.73 Å². The molecule has 0 radical (unpaired) electrons. The highest BCUT2D eigenvalue weighted by molar-refractivity contribution is 5.93. The number of anilines is 1. The molecule has 0 bridgehead atoms. The summed E-state index contributed by atoms with van der Waals surface area (Å²) >= 11 is 0. The first-order valence-electron chi connectivity index (χ1n) is 7.01. The first-order chi connectivity index (χ1) is 11.1. The smallest absolute Gasteiger partial charge is 0.337 e. The van der Waals surface area contributed by atoms with Crippen molar-refractivity contribution in [2.45, 2.75) is 6.92 Å². The molecule has 0 saturated heterocycles. The van der Waals surface area contributed by atoms with Crippen LogP contribution in [0.15, 0.2) is 48.5 Å². The van der Waals surface area contributed by atoms with E-state index in [1.54, 1.807) is 18.2 Å². The average molecular weight is 314 g/mol. The molecule has 23 heavy (non-hydrogen) atoms. The van der Waals surface area contributed by atoms with Crippen molar-refractivity contribution in [3.63, 3.8) is 0 Å². The van der Waals surface area contributed by atoms with Crippen LogP contribution in [0.2, 0.25) is 0 Å². The molecule has 0 saturated carbocycles. The molecule has 0 heterocycles. The number of amides is 2. The molecule has 0 aliphatic heterocycles. The predicted molar refractivity (Wildman–Crippen MR) is 86.6 cm³/mol. The second kappa shape index (κ2) is 7.84. The highest BCUT2D eigenvalue weighted by Gasteiger charge is 2.07. The average Bonchev–Trinajstić information content (AvgIpc) is 2.56. The quantitative estimate of drug-likeness (QED) is 0.657. The summed E-state index contributed by atoms with van der Waals surface area (Å²) in [6.45, 7) is 2.02. The van der Waals surface area contributed by atoms with E-state index in [1.165, 1.54) is 13.2 Å². The molecule has 0 aliphatic rings. The second-order valence-corrected chi connectivity index (χ2v) is 4.81. The van der Waals surface area contributed by atoms with E-state index >= 15 is 0 Å². The Labute approximate surface area is 134 Å². The van der Waals surface area contributed by atoms with E-state index in [1.807, 2.05) is 31.2 Å². The highest BCUT2D eigenvalue weighted by atomic mass is 16.5. The van der Waals surface area contributed by atoms with Gasteiger partial charge in [-0.2, -0.15) is 0 Å². The third-order valence-corrected chi connectivity index (χ3v) is 3.03. The van der Waals surface area contributed by atoms with Crippen molar-refractivity contribution in [1.82, 2.24) is 5.32 Å². The van der Waals surface area contributed by atoms with E-state index in [0.717, 1.165) is 5.56 Å². The number of nitrogens with one attached hydrogen (secondary N) is 2. The van der Waals surface area contributed by atoms with Crippen molar-refractivity contribution in [3.05, 3.63) is 59.7 Å². The molecule has 0 spiro atoms. The molecule has 2 N–H and O–H groups in total. The Morgan fingerprint density at radius 1 is 1.09 bits per heavy atom. The van der Waals surface area contributed by atoms with E-state index in [-0.39, 0.29) is 6.73 Å². The Balaban J connectivity index is 1.82. The van der Waals surface area contributed by atoms with Crippen LogP contribution in [0.3, 0.4) is 0 Å². The Morgan fingerprint density at radius 2 is 1.83 bits per heavy atom. The molecule has 2 rings (SSSR count). The van der Waals surface area contributed by atoms with Crippen LogP contribution in [0, 0.1) is 6.92 Å². The van der Waals surface area contributed by atoms with Crippen LogP contribution in [-0.4, -0.2) is 25.8 Å². The molecule has 6 heteroatoms. The Hall–Kier alpha value is -3.02. The minimum Gasteiger partial charge on any atom is -0.473 e. The van der Waals surface area contributed by atoms with Crippen molar-refractivity contribution >= 4 is 17.7 Å². The van der Waals surface area contributed by atoms with Crippen molar-refractivity contribution in [2.75, 3.05) is 19.2 Å². The van der Waals surface area contributed by atoms with E-state index in [4.69, 9.17) is 4.74 Å². The maximum atomic E-state index is 11.8. The van der Waals surface area contributed by atoms with E-state index in [2.05, 4.69) is 15.4 Å². The van der Waals surface area contributed by atoms with Crippen LogP contribution in [0.5, 0.6) is 5.75 Å². The standard InChI is InChI=1S/C17H18N2O4/c1-12-6-8-15(9-7-12)23-11-18-17(21)19-14-5-3-4-13(10-14)16(20)22-2/h3-10H,11H2,1-2H3,(H2,18,19,21). The summed E-state index contributed by atoms with van der Waals surface area (Å²) in [4.78, 5) is 23.2. The summed E-state index contributed by atoms with van der Waals surface area (Å²) in [5.41, 5.74) is 1.98. The Bertz CT molecular complexity index is 683. The largest absolute Gasteiger partial charge is 0.473 e. The fraction of sp³-hybridized carbons (Fsp3) is 0.176. The van der Waals surface area contributed by atoms with Crippen LogP contribution in [0.25, 0.3) is 0 Å². The molecule has 2 aromatic carbocycles. The summed E-state index contributed by atoms with van der Waals surface area (Å²) in [6.07, 6.45) is 0. The van der Waals surface area contributed by atoms with Crippen LogP contribution in [0.1, 0.15) is 15.9 Å². The normalized spacial score (nSPS) is 9.83. The first-order valence-corrected chi connectivity index (χ1v) is 7.01. The van der Waals surface area contributed by atoms with Crippen molar-refractivity contribution in [1.29, 1.82) is 0 Å². The fourth-order valence-electron chi connectivity index (χ4n) is 1.84. The number of carbonyl (C=O) groups is 2. The van der Waals surface area contributed by atoms with Gasteiger partial charge in [0.05, 0.1) is 12.7 Å². The van der Waals surface area contributed by atoms with Crippen molar-refractivity contribution in [3.8, 4) is 5.75 Å². The van der Waals surface area contributed by atoms with Gasteiger partial charge in [0.2, 0.25) is 0 Å². The summed E-state index contributed by atoms with van der Waals surface area (Å²) in [7, 11) is 1.30. The summed E-state index contributed by atoms with van der Waals surface area (Å²) in [6, 6.07) is 13.5. The predicted octanol–water partition coefficient (Wildman–Crippen LogP) is 2.94. The van der Waals surface area contributed by atoms with Crippen LogP contribution >= 0.6 is 0 Å². The second-order valence-electron chi connectivity index (χ2n) is 4.81. The lowest BCUT2D eigenvalue weighted by Crippen LogP contribution is -2.32. The molecule has 0 unspecified atom stereocenters. The van der Waals surface area contributed by atoms with Gasteiger partial charge in [-0.15, -0.1) is 0 Å². The Kier molecular flexibility index (Phi) is 5.57. The molecule has 0 aromatic heterocycles. The van der Waals surface area contributed by atoms with Gasteiger partial charge in [0.1, 0.15) is 5.75 Å². The van der Waals surface area contributed by atoms with Gasteiger partial charge in [-0.25, -0.2) is 9.59 Å². The van der Waals surface area contributed by atoms with Gasteiger partial charge in [-0.1, -0.05) is 23.8 Å². The number of hydrogen-bond acceptors (Lipinski definition) is 4. The summed E-state index contributed by atoms with van der Waals surface area (Å²) in [5.74, 6) is 0.209. The monoisotopic (exact) mass is 314 g/mol. The molecule has 2 aromatic rings. The van der Waals surface area contributed by atoms with Gasteiger partial charge in [0.25, 0.3) is 0 Å². The lowest BCUT2D eigenvalue weighted by Gasteiger charge is -2.10. The van der Waals surface area contributed by atoms with E-state index in [9.17, 15) is 9.59 Å². The molecule has 0 aliphatic carbocycles. The van der Waals surface area contributed by atoms with Gasteiger partial charge in [-0.05, 0) is 37.3 Å². The number of ether oxygens (including phenoxy) is 2. The topological polar surface area (TPSA) is 76.7 Å². The maximum absolute atomic E-state index is 11.8. The zero-order chi connectivity index (χ0) is 16.7. The Morgan fingerprint density at radius 3 is 2.52 bits per heavy atom. The van der Waals surface area contributed by atoms with Gasteiger partial charge < -0.3 is 20.1 Å². The third-order valence-electron chi connectivity index (χ3n) is 3.03. The number of urea groups is 1. The molecule has 2 amide bonds. The van der Waals surface area contributed by atoms with E-state index < -0.39 is 12.0 Å². The minimum absolute atomic E-state index is 0.0333. The fourth-order valence-corrected chi connectivity index (χ4v) is 1.84. The lowest BCUT2D eigenvalue weighted by molar-refractivity contribution is 0.0600. The number of esters is 1. The number of carbonyl (C=O) groups excluding carboxylic acids is 2. The van der Waals surface area contributed by atoms with Gasteiger partial charge in [-0.3, -0.25) is 0 Å². The molecule has 6 nitrogen and oxygen atoms in total. The summed E-state index contributed by atoms with van der Waals surface area (Å²) < 4.78 is 10.0. The minimum atomic E-state index is -0.461. The number of hydrogen-bond donors (Lipinski definition) is 2. The van der Waals surface area contributed by atoms with Crippen molar-refractivity contribution < 1.29 is 19.1 Å². The van der Waals surface area contributed by atoms with Crippen LogP contribution in [0.4, 0.5) is 10.5 Å². The van der Waals surface area contributed by atoms with Crippen LogP contribution in [-0.2, 0) is 4.74 Å². The van der Waals surface area contributed by atoms with E-state index in [0.29, 0.717) is 17.0 Å². The molecule has 120 valence electrons. The first kappa shape index (κ1) is 16.4. The lowest BCUT2D eigenvalue weighted by atomic mass is 10.2. The maximum Gasteiger partial charge on any atom is 0.337 e. The zero-order valence-electron chi connectivity index (χ0n) is 13.0.